The smallest absolute Gasteiger partial charge is 0.393 e. The quantitative estimate of drug-likeness (QED) is 0.131. The van der Waals surface area contributed by atoms with Crippen LogP contribution in [0.4, 0.5) is 22.0 Å². The van der Waals surface area contributed by atoms with Crippen LogP contribution in [0.5, 0.6) is 0 Å². The van der Waals surface area contributed by atoms with Crippen LogP contribution in [-0.4, -0.2) is 66.7 Å². The summed E-state index contributed by atoms with van der Waals surface area (Å²) in [5, 5.41) is 21.8. The van der Waals surface area contributed by atoms with Gasteiger partial charge in [0.2, 0.25) is 11.8 Å². The molecule has 2 aromatic heterocycles. The Balaban J connectivity index is 1.64. The first kappa shape index (κ1) is 30.7. The summed E-state index contributed by atoms with van der Waals surface area (Å²) in [5.41, 5.74) is 0.848. The summed E-state index contributed by atoms with van der Waals surface area (Å²) in [6, 6.07) is 0. The summed E-state index contributed by atoms with van der Waals surface area (Å²) in [7, 11) is 0. The van der Waals surface area contributed by atoms with Crippen LogP contribution in [0, 0.1) is 11.8 Å². The molecule has 17 heteroatoms. The molecule has 11 nitrogen and oxygen atoms in total. The van der Waals surface area contributed by atoms with E-state index in [0.717, 1.165) is 0 Å². The van der Waals surface area contributed by atoms with Crippen LogP contribution in [-0.2, 0) is 16.0 Å². The summed E-state index contributed by atoms with van der Waals surface area (Å²) >= 11 is 1.66. The summed E-state index contributed by atoms with van der Waals surface area (Å²) in [4.78, 5) is 33.8. The fourth-order valence-electron chi connectivity index (χ4n) is 4.79. The largest absolute Gasteiger partial charge is 0.410 e. The number of carbonyl (C=O) groups excluding carboxylic acids is 2. The van der Waals surface area contributed by atoms with E-state index in [1.807, 2.05) is 0 Å². The molecule has 2 aromatic rings. The van der Waals surface area contributed by atoms with Gasteiger partial charge in [-0.1, -0.05) is 12.1 Å². The van der Waals surface area contributed by atoms with Crippen LogP contribution in [0.2, 0.25) is 0 Å². The third-order valence-electron chi connectivity index (χ3n) is 7.07. The number of fused-ring (bicyclic) bond motifs is 1. The number of nitrogens with one attached hydrogen (secondary N) is 2. The monoisotopic (exact) mass is 696 g/mol. The number of oxime groups is 1. The van der Waals surface area contributed by atoms with E-state index in [1.54, 1.807) is 29.8 Å². The predicted octanol–water partition coefficient (Wildman–Crippen LogP) is 4.05. The summed E-state index contributed by atoms with van der Waals surface area (Å²) < 4.78 is 72.6. The third kappa shape index (κ3) is 7.16. The first-order chi connectivity index (χ1) is 19.3. The molecule has 222 valence electrons. The van der Waals surface area contributed by atoms with Gasteiger partial charge in [0, 0.05) is 31.7 Å². The third-order valence-corrected chi connectivity index (χ3v) is 7.66. The second-order valence-electron chi connectivity index (χ2n) is 9.86. The SMILES string of the molecule is CCC(=N/I)/C(=N\O)C(=O)NC(=C1CCC(F)(F)CC1)c1cn2nc(CC3C[C@@H](C(F)(F)F)CNC3=O)cnc2n1. The van der Waals surface area contributed by atoms with E-state index in [9.17, 15) is 36.7 Å². The molecule has 1 aliphatic heterocycles. The number of alkyl halides is 5. The number of hydrogen-bond acceptors (Lipinski definition) is 8. The topological polar surface area (TPSA) is 146 Å². The fourth-order valence-corrected chi connectivity index (χ4v) is 5.36. The van der Waals surface area contributed by atoms with Crippen molar-refractivity contribution in [1.82, 2.24) is 30.2 Å². The minimum atomic E-state index is -4.45. The van der Waals surface area contributed by atoms with Crippen molar-refractivity contribution < 1.29 is 36.7 Å². The number of imidazole rings is 1. The maximum atomic E-state index is 13.9. The molecule has 0 spiro atoms. The molecule has 2 atom stereocenters. The van der Waals surface area contributed by atoms with E-state index in [1.165, 1.54) is 16.9 Å². The van der Waals surface area contributed by atoms with Crippen LogP contribution in [0.15, 0.2) is 26.3 Å². The van der Waals surface area contributed by atoms with E-state index in [2.05, 4.69) is 34.1 Å². The molecule has 1 saturated carbocycles. The Bertz CT molecular complexity index is 1410. The van der Waals surface area contributed by atoms with Gasteiger partial charge in [-0.15, -0.1) is 0 Å². The van der Waals surface area contributed by atoms with Gasteiger partial charge >= 0.3 is 6.18 Å². The molecule has 2 fully saturated rings. The molecule has 1 unspecified atom stereocenters. The van der Waals surface area contributed by atoms with E-state index in [4.69, 9.17) is 0 Å². The van der Waals surface area contributed by atoms with Gasteiger partial charge in [-0.3, -0.25) is 9.59 Å². The predicted molar refractivity (Wildman–Crippen MR) is 145 cm³/mol. The van der Waals surface area contributed by atoms with Crippen LogP contribution in [0.1, 0.15) is 56.8 Å². The van der Waals surface area contributed by atoms with Crippen LogP contribution in [0.25, 0.3) is 11.5 Å². The molecule has 0 aromatic carbocycles. The molecule has 4 rings (SSSR count). The highest BCUT2D eigenvalue weighted by Crippen LogP contribution is 2.38. The fraction of sp³-hybridized carbons (Fsp3) is 0.542. The van der Waals surface area contributed by atoms with Crippen LogP contribution in [0.3, 0.4) is 0 Å². The van der Waals surface area contributed by atoms with Crippen molar-refractivity contribution in [3.63, 3.8) is 0 Å². The van der Waals surface area contributed by atoms with Gasteiger partial charge < -0.3 is 15.8 Å². The average molecular weight is 696 g/mol. The lowest BCUT2D eigenvalue weighted by molar-refractivity contribution is -0.183. The number of hydrogen-bond donors (Lipinski definition) is 3. The van der Waals surface area contributed by atoms with Crippen molar-refractivity contribution >= 4 is 57.6 Å². The zero-order valence-corrected chi connectivity index (χ0v) is 23.8. The lowest BCUT2D eigenvalue weighted by atomic mass is 9.86. The van der Waals surface area contributed by atoms with Gasteiger partial charge in [0.25, 0.3) is 11.7 Å². The van der Waals surface area contributed by atoms with Gasteiger partial charge in [0.05, 0.1) is 58.3 Å². The lowest BCUT2D eigenvalue weighted by Gasteiger charge is -2.30. The molecule has 41 heavy (non-hydrogen) atoms. The number of halogens is 6. The second-order valence-corrected chi connectivity index (χ2v) is 10.3. The Morgan fingerprint density at radius 3 is 2.63 bits per heavy atom. The molecule has 2 aliphatic rings. The minimum absolute atomic E-state index is 0.0354. The number of rotatable bonds is 7. The standard InChI is InChI=1S/C24H26F5IN8O3/c1-2-16(35-30)19(37-41)21(40)34-18(12-3-5-23(25,26)6-4-12)17-11-38-22(33-17)32-10-15(36-38)8-13-7-14(24(27,28)29)9-31-20(13)39/h10-11,13-14,41H,2-9H2,1H3,(H,31,39)(H,34,40)/b35-16-,37-19+/t13?,14-/m1/s1. The van der Waals surface area contributed by atoms with Gasteiger partial charge in [0.1, 0.15) is 5.69 Å². The zero-order chi connectivity index (χ0) is 29.9. The van der Waals surface area contributed by atoms with Crippen molar-refractivity contribution in [1.29, 1.82) is 0 Å². The number of piperidine rings is 1. The minimum Gasteiger partial charge on any atom is -0.410 e. The molecule has 3 heterocycles. The normalized spacial score (nSPS) is 22.0. The van der Waals surface area contributed by atoms with E-state index >= 15 is 0 Å². The van der Waals surface area contributed by atoms with Crippen LogP contribution < -0.4 is 10.6 Å². The zero-order valence-electron chi connectivity index (χ0n) is 21.7. The Labute approximate surface area is 244 Å². The van der Waals surface area contributed by atoms with Gasteiger partial charge in [-0.05, 0) is 31.3 Å². The van der Waals surface area contributed by atoms with Crippen molar-refractivity contribution in [3.05, 3.63) is 29.4 Å². The molecule has 2 amide bonds. The number of nitrogens with zero attached hydrogens (tertiary/aromatic N) is 6. The maximum Gasteiger partial charge on any atom is 0.393 e. The highest BCUT2D eigenvalue weighted by molar-refractivity contribution is 14.1. The molecule has 3 N–H and O–H groups in total. The second kappa shape index (κ2) is 12.3. The van der Waals surface area contributed by atoms with Gasteiger partial charge in [-0.25, -0.2) is 26.5 Å². The highest BCUT2D eigenvalue weighted by atomic mass is 127. The Kier molecular flexibility index (Phi) is 9.22. The van der Waals surface area contributed by atoms with Crippen LogP contribution >= 0.6 is 22.9 Å². The molecule has 0 radical (unpaired) electrons. The van der Waals surface area contributed by atoms with Gasteiger partial charge in [-0.2, -0.15) is 18.3 Å². The van der Waals surface area contributed by atoms with Crippen molar-refractivity contribution in [2.24, 2.45) is 20.2 Å². The van der Waals surface area contributed by atoms with E-state index < -0.39 is 55.1 Å². The summed E-state index contributed by atoms with van der Waals surface area (Å²) in [5.74, 6) is -6.75. The molecular formula is C24H26F5IN8O3. The summed E-state index contributed by atoms with van der Waals surface area (Å²) in [6.07, 6.45) is -2.90. The molecular weight excluding hydrogens is 670 g/mol. The highest BCUT2D eigenvalue weighted by Gasteiger charge is 2.44. The number of carbonyl (C=O) groups is 2. The van der Waals surface area contributed by atoms with E-state index in [-0.39, 0.29) is 66.4 Å². The Hall–Kier alpha value is -3.25. The number of amides is 2. The average Bonchev–Trinajstić information content (AvgIpc) is 3.34. The number of aromatic nitrogens is 4. The maximum absolute atomic E-state index is 13.9. The van der Waals surface area contributed by atoms with Crippen molar-refractivity contribution in [3.8, 4) is 0 Å². The molecule has 1 saturated heterocycles. The molecule has 0 bridgehead atoms. The van der Waals surface area contributed by atoms with Crippen molar-refractivity contribution in [2.75, 3.05) is 6.54 Å². The van der Waals surface area contributed by atoms with Gasteiger partial charge in [0.15, 0.2) is 5.71 Å². The first-order valence-corrected chi connectivity index (χ1v) is 13.7. The number of allylic oxidation sites excluding steroid dienone is 1. The summed E-state index contributed by atoms with van der Waals surface area (Å²) in [6.45, 7) is 1.23. The Morgan fingerprint density at radius 2 is 2.02 bits per heavy atom. The first-order valence-electron chi connectivity index (χ1n) is 12.7. The van der Waals surface area contributed by atoms with Crippen molar-refractivity contribution in [2.45, 2.75) is 64.0 Å². The molecule has 1 aliphatic carbocycles. The van der Waals surface area contributed by atoms with E-state index in [0.29, 0.717) is 5.57 Å². The lowest BCUT2D eigenvalue weighted by Crippen LogP contribution is -2.47. The Morgan fingerprint density at radius 1 is 1.32 bits per heavy atom.